The van der Waals surface area contributed by atoms with Crippen molar-refractivity contribution in [2.75, 3.05) is 31.5 Å². The molecule has 4 nitrogen and oxygen atoms in total. The van der Waals surface area contributed by atoms with Gasteiger partial charge in [-0.2, -0.15) is 30.2 Å². The molecule has 17 heavy (non-hydrogen) atoms. The Morgan fingerprint density at radius 3 is 1.88 bits per heavy atom. The molecule has 0 radical (unpaired) electrons. The van der Waals surface area contributed by atoms with Crippen LogP contribution in [0.1, 0.15) is 13.8 Å². The molecule has 0 saturated carbocycles. The van der Waals surface area contributed by atoms with Gasteiger partial charge in [-0.05, 0) is 0 Å². The Kier molecular flexibility index (Phi) is 6.97. The van der Waals surface area contributed by atoms with E-state index < -0.39 is 22.9 Å². The number of rotatable bonds is 7. The molecule has 0 aliphatic carbocycles. The van der Waals surface area contributed by atoms with E-state index in [9.17, 15) is 21.6 Å². The summed E-state index contributed by atoms with van der Waals surface area (Å²) in [6.45, 7) is 1.79. The summed E-state index contributed by atoms with van der Waals surface area (Å²) in [6.07, 6.45) is -4.54. The summed E-state index contributed by atoms with van der Waals surface area (Å²) in [5.74, 6) is 0. The molecule has 0 amide bonds. The van der Waals surface area contributed by atoms with Gasteiger partial charge in [0, 0.05) is 25.0 Å². The summed E-state index contributed by atoms with van der Waals surface area (Å²) in [6, 6.07) is 0. The largest absolute Gasteiger partial charge is 0.402 e. The molecule has 0 heterocycles. The van der Waals surface area contributed by atoms with E-state index in [0.717, 1.165) is 4.31 Å². The topological polar surface area (TPSA) is 40.6 Å². The van der Waals surface area contributed by atoms with Crippen LogP contribution in [0.15, 0.2) is 0 Å². The lowest BCUT2D eigenvalue weighted by molar-refractivity contribution is -0.136. The highest BCUT2D eigenvalue weighted by Crippen LogP contribution is 2.20. The van der Waals surface area contributed by atoms with Gasteiger partial charge in [0.05, 0.1) is 0 Å². The van der Waals surface area contributed by atoms with E-state index in [0.29, 0.717) is 4.31 Å². The van der Waals surface area contributed by atoms with Gasteiger partial charge >= 0.3 is 6.18 Å². The quantitative estimate of drug-likeness (QED) is 0.663. The molecule has 0 rings (SSSR count). The third-order valence-corrected chi connectivity index (χ3v) is 4.54. The molecule has 0 aliphatic rings. The van der Waals surface area contributed by atoms with Crippen molar-refractivity contribution in [1.29, 1.82) is 0 Å². The second-order valence-electron chi connectivity index (χ2n) is 3.23. The average Bonchev–Trinajstić information content (AvgIpc) is 2.16. The van der Waals surface area contributed by atoms with Gasteiger partial charge in [0.25, 0.3) is 10.2 Å². The molecule has 0 aliphatic heterocycles. The first-order chi connectivity index (χ1) is 7.69. The van der Waals surface area contributed by atoms with Crippen LogP contribution in [0.3, 0.4) is 0 Å². The Balaban J connectivity index is 5.03. The summed E-state index contributed by atoms with van der Waals surface area (Å²) < 4.78 is 62.1. The lowest BCUT2D eigenvalue weighted by Crippen LogP contribution is -2.48. The average molecular weight is 341 g/mol. The van der Waals surface area contributed by atoms with Crippen LogP contribution >= 0.6 is 15.9 Å². The number of halogens is 4. The predicted molar refractivity (Wildman–Crippen MR) is 63.3 cm³/mol. The van der Waals surface area contributed by atoms with E-state index in [1.54, 1.807) is 13.8 Å². The first-order valence-corrected chi connectivity index (χ1v) is 7.58. The monoisotopic (exact) mass is 340 g/mol. The lowest BCUT2D eigenvalue weighted by Gasteiger charge is -2.28. The highest BCUT2D eigenvalue weighted by atomic mass is 79.9. The summed E-state index contributed by atoms with van der Waals surface area (Å²) in [4.78, 5) is 0. The number of nitrogens with zero attached hydrogens (tertiary/aromatic N) is 2. The predicted octanol–water partition coefficient (Wildman–Crippen LogP) is 1.83. The second kappa shape index (κ2) is 6.91. The zero-order chi connectivity index (χ0) is 13.7. The van der Waals surface area contributed by atoms with Gasteiger partial charge in [-0.15, -0.1) is 0 Å². The van der Waals surface area contributed by atoms with Gasteiger partial charge < -0.3 is 0 Å². The van der Waals surface area contributed by atoms with E-state index in [1.807, 2.05) is 0 Å². The minimum absolute atomic E-state index is 0.148. The zero-order valence-corrected chi connectivity index (χ0v) is 12.1. The third-order valence-electron chi connectivity index (χ3n) is 2.05. The van der Waals surface area contributed by atoms with Crippen LogP contribution in [0.2, 0.25) is 0 Å². The zero-order valence-electron chi connectivity index (χ0n) is 9.67. The highest BCUT2D eigenvalue weighted by Gasteiger charge is 2.37. The van der Waals surface area contributed by atoms with Gasteiger partial charge in [-0.1, -0.05) is 29.8 Å². The number of hydrogen-bond donors (Lipinski definition) is 0. The molecule has 0 bridgehead atoms. The van der Waals surface area contributed by atoms with Gasteiger partial charge in [0.15, 0.2) is 0 Å². The van der Waals surface area contributed by atoms with Crippen molar-refractivity contribution in [1.82, 2.24) is 8.61 Å². The minimum atomic E-state index is -4.54. The molecule has 0 aromatic carbocycles. The van der Waals surface area contributed by atoms with Crippen LogP contribution in [0.4, 0.5) is 13.2 Å². The molecule has 0 aromatic rings. The molecule has 0 unspecified atom stereocenters. The van der Waals surface area contributed by atoms with E-state index >= 15 is 0 Å². The summed E-state index contributed by atoms with van der Waals surface area (Å²) in [7, 11) is -4.04. The van der Waals surface area contributed by atoms with E-state index in [1.165, 1.54) is 0 Å². The molecule has 0 spiro atoms. The fourth-order valence-electron chi connectivity index (χ4n) is 1.28. The molecule has 9 heteroatoms. The molecule has 0 fully saturated rings. The Morgan fingerprint density at radius 1 is 1.12 bits per heavy atom. The minimum Gasteiger partial charge on any atom is -0.195 e. The molecule has 0 N–H and O–H groups in total. The Bertz CT molecular complexity index is 317. The van der Waals surface area contributed by atoms with Crippen molar-refractivity contribution in [2.24, 2.45) is 0 Å². The summed E-state index contributed by atoms with van der Waals surface area (Å²) >= 11 is 2.95. The van der Waals surface area contributed by atoms with Crippen LogP contribution in [0.5, 0.6) is 0 Å². The summed E-state index contributed by atoms with van der Waals surface area (Å²) in [5, 5.41) is 0.156. The Hall–Kier alpha value is 0.140. The normalized spacial score (nSPS) is 13.6. The van der Waals surface area contributed by atoms with Crippen LogP contribution < -0.4 is 0 Å². The third kappa shape index (κ3) is 5.54. The fraction of sp³-hybridized carbons (Fsp3) is 1.00. The molecule has 104 valence electrons. The first-order valence-electron chi connectivity index (χ1n) is 5.07. The van der Waals surface area contributed by atoms with Crippen LogP contribution in [-0.2, 0) is 10.2 Å². The summed E-state index contributed by atoms with van der Waals surface area (Å²) in [5.41, 5.74) is 0. The Labute approximate surface area is 108 Å². The lowest BCUT2D eigenvalue weighted by atomic mass is 10.6. The van der Waals surface area contributed by atoms with Crippen molar-refractivity contribution < 1.29 is 21.6 Å². The van der Waals surface area contributed by atoms with Crippen molar-refractivity contribution in [3.63, 3.8) is 0 Å². The number of alkyl halides is 4. The molecule has 0 atom stereocenters. The molecular formula is C8H16BrF3N2O2S. The van der Waals surface area contributed by atoms with Gasteiger partial charge in [0.2, 0.25) is 0 Å². The molecular weight excluding hydrogens is 325 g/mol. The van der Waals surface area contributed by atoms with Crippen LogP contribution in [0, 0.1) is 0 Å². The SMILES string of the molecule is CCN(CC)S(=O)(=O)N(CCBr)CC(F)(F)F. The van der Waals surface area contributed by atoms with Crippen molar-refractivity contribution in [3.05, 3.63) is 0 Å². The standard InChI is InChI=1S/C8H16BrF3N2O2S/c1-3-13(4-2)17(15,16)14(6-5-9)7-8(10,11)12/h3-7H2,1-2H3. The maximum Gasteiger partial charge on any atom is 0.402 e. The molecule has 0 saturated heterocycles. The van der Waals surface area contributed by atoms with E-state index in [4.69, 9.17) is 0 Å². The van der Waals surface area contributed by atoms with Crippen LogP contribution in [-0.4, -0.2) is 54.7 Å². The maximum absolute atomic E-state index is 12.3. The van der Waals surface area contributed by atoms with E-state index in [-0.39, 0.29) is 25.0 Å². The van der Waals surface area contributed by atoms with Crippen LogP contribution in [0.25, 0.3) is 0 Å². The number of hydrogen-bond acceptors (Lipinski definition) is 2. The van der Waals surface area contributed by atoms with Gasteiger partial charge in [0.1, 0.15) is 6.54 Å². The van der Waals surface area contributed by atoms with Crippen molar-refractivity contribution in [2.45, 2.75) is 20.0 Å². The van der Waals surface area contributed by atoms with Crippen molar-refractivity contribution in [3.8, 4) is 0 Å². The van der Waals surface area contributed by atoms with Gasteiger partial charge in [-0.25, -0.2) is 0 Å². The Morgan fingerprint density at radius 2 is 1.59 bits per heavy atom. The molecule has 0 aromatic heterocycles. The maximum atomic E-state index is 12.3. The smallest absolute Gasteiger partial charge is 0.195 e. The first kappa shape index (κ1) is 17.1. The second-order valence-corrected chi connectivity index (χ2v) is 5.95. The van der Waals surface area contributed by atoms with Gasteiger partial charge in [-0.3, -0.25) is 0 Å². The van der Waals surface area contributed by atoms with E-state index in [2.05, 4.69) is 15.9 Å². The highest BCUT2D eigenvalue weighted by molar-refractivity contribution is 9.09. The fourth-order valence-corrected chi connectivity index (χ4v) is 3.56. The van der Waals surface area contributed by atoms with Crippen molar-refractivity contribution >= 4 is 26.1 Å².